The maximum atomic E-state index is 3.74. The summed E-state index contributed by atoms with van der Waals surface area (Å²) in [7, 11) is 0. The Morgan fingerprint density at radius 1 is 1.36 bits per heavy atom. The van der Waals surface area contributed by atoms with Gasteiger partial charge in [0.15, 0.2) is 0 Å². The summed E-state index contributed by atoms with van der Waals surface area (Å²) in [5, 5.41) is 6.50. The molecule has 0 aromatic carbocycles. The highest BCUT2D eigenvalue weighted by atomic mass is 79.9. The van der Waals surface area contributed by atoms with Crippen molar-refractivity contribution < 1.29 is 0 Å². The Labute approximate surface area is 108 Å². The van der Waals surface area contributed by atoms with E-state index >= 15 is 0 Å². The van der Waals surface area contributed by atoms with Crippen molar-refractivity contribution in [3.05, 3.63) is 42.7 Å². The SMILES string of the molecule is Cc1cscc1C(Br)c1sccc1Br. The van der Waals surface area contributed by atoms with Crippen molar-refractivity contribution in [1.29, 1.82) is 0 Å². The molecule has 4 heteroatoms. The first-order valence-electron chi connectivity index (χ1n) is 4.10. The molecule has 0 bridgehead atoms. The molecule has 2 aromatic heterocycles. The van der Waals surface area contributed by atoms with E-state index in [1.54, 1.807) is 22.7 Å². The maximum Gasteiger partial charge on any atom is 0.0759 e. The molecule has 2 aromatic rings. The van der Waals surface area contributed by atoms with Gasteiger partial charge in [-0.25, -0.2) is 0 Å². The van der Waals surface area contributed by atoms with Crippen molar-refractivity contribution in [3.63, 3.8) is 0 Å². The van der Waals surface area contributed by atoms with Crippen LogP contribution in [0.15, 0.2) is 26.7 Å². The van der Waals surface area contributed by atoms with Gasteiger partial charge in [-0.05, 0) is 56.2 Å². The van der Waals surface area contributed by atoms with E-state index in [-0.39, 0.29) is 0 Å². The van der Waals surface area contributed by atoms with Crippen LogP contribution in [0.3, 0.4) is 0 Å². The van der Waals surface area contributed by atoms with Crippen LogP contribution in [0.1, 0.15) is 20.8 Å². The number of halogens is 2. The molecule has 0 amide bonds. The molecule has 0 nitrogen and oxygen atoms in total. The predicted octanol–water partition coefficient (Wildman–Crippen LogP) is 5.36. The lowest BCUT2D eigenvalue weighted by molar-refractivity contribution is 1.20. The zero-order valence-electron chi connectivity index (χ0n) is 7.46. The van der Waals surface area contributed by atoms with Crippen molar-refractivity contribution >= 4 is 54.5 Å². The first kappa shape index (κ1) is 10.9. The molecule has 2 heterocycles. The molecular weight excluding hydrogens is 344 g/mol. The molecule has 14 heavy (non-hydrogen) atoms. The number of hydrogen-bond donors (Lipinski definition) is 0. The molecular formula is C10H8Br2S2. The van der Waals surface area contributed by atoms with E-state index in [1.807, 2.05) is 0 Å². The lowest BCUT2D eigenvalue weighted by Gasteiger charge is -2.07. The van der Waals surface area contributed by atoms with Gasteiger partial charge in [-0.1, -0.05) is 15.9 Å². The molecule has 0 N–H and O–H groups in total. The fourth-order valence-electron chi connectivity index (χ4n) is 1.26. The second-order valence-corrected chi connectivity index (χ2v) is 6.47. The Kier molecular flexibility index (Phi) is 3.47. The summed E-state index contributed by atoms with van der Waals surface area (Å²) in [6.07, 6.45) is 0. The van der Waals surface area contributed by atoms with Crippen LogP contribution in [-0.4, -0.2) is 0 Å². The Morgan fingerprint density at radius 2 is 2.14 bits per heavy atom. The summed E-state index contributed by atoms with van der Waals surface area (Å²) in [5.41, 5.74) is 2.73. The van der Waals surface area contributed by atoms with Crippen LogP contribution in [-0.2, 0) is 0 Å². The van der Waals surface area contributed by atoms with E-state index in [4.69, 9.17) is 0 Å². The van der Waals surface area contributed by atoms with Gasteiger partial charge in [0.1, 0.15) is 0 Å². The smallest absolute Gasteiger partial charge is 0.0759 e. The van der Waals surface area contributed by atoms with Crippen LogP contribution in [0.5, 0.6) is 0 Å². The normalized spacial score (nSPS) is 13.1. The van der Waals surface area contributed by atoms with Crippen molar-refractivity contribution in [1.82, 2.24) is 0 Å². The van der Waals surface area contributed by atoms with Gasteiger partial charge in [-0.15, -0.1) is 11.3 Å². The maximum absolute atomic E-state index is 3.74. The summed E-state index contributed by atoms with van der Waals surface area (Å²) < 4.78 is 1.19. The largest absolute Gasteiger partial charge is 0.152 e. The van der Waals surface area contributed by atoms with E-state index in [1.165, 1.54) is 20.5 Å². The van der Waals surface area contributed by atoms with Crippen molar-refractivity contribution in [2.24, 2.45) is 0 Å². The number of thiophene rings is 2. The number of rotatable bonds is 2. The average molecular weight is 352 g/mol. The minimum Gasteiger partial charge on any atom is -0.152 e. The number of aryl methyl sites for hydroxylation is 1. The fraction of sp³-hybridized carbons (Fsp3) is 0.200. The summed E-state index contributed by atoms with van der Waals surface area (Å²) in [6, 6.07) is 2.09. The van der Waals surface area contributed by atoms with E-state index < -0.39 is 0 Å². The number of alkyl halides is 1. The molecule has 0 spiro atoms. The van der Waals surface area contributed by atoms with Gasteiger partial charge in [-0.2, -0.15) is 11.3 Å². The molecule has 0 aliphatic carbocycles. The molecule has 1 atom stereocenters. The van der Waals surface area contributed by atoms with Gasteiger partial charge in [0.25, 0.3) is 0 Å². The Balaban J connectivity index is 2.38. The summed E-state index contributed by atoms with van der Waals surface area (Å²) in [5.74, 6) is 0. The van der Waals surface area contributed by atoms with Gasteiger partial charge in [0.05, 0.1) is 4.83 Å². The van der Waals surface area contributed by atoms with Gasteiger partial charge in [0, 0.05) is 9.35 Å². The molecule has 0 aliphatic rings. The Bertz CT molecular complexity index is 391. The highest BCUT2D eigenvalue weighted by Gasteiger charge is 2.16. The summed E-state index contributed by atoms with van der Waals surface area (Å²) >= 11 is 10.8. The third-order valence-corrected chi connectivity index (χ3v) is 6.11. The van der Waals surface area contributed by atoms with Crippen LogP contribution in [0, 0.1) is 6.92 Å². The van der Waals surface area contributed by atoms with Crippen LogP contribution in [0.2, 0.25) is 0 Å². The lowest BCUT2D eigenvalue weighted by atomic mass is 10.1. The van der Waals surface area contributed by atoms with Crippen molar-refractivity contribution in [3.8, 4) is 0 Å². The zero-order valence-corrected chi connectivity index (χ0v) is 12.3. The zero-order chi connectivity index (χ0) is 10.1. The molecule has 0 saturated heterocycles. The predicted molar refractivity (Wildman–Crippen MR) is 71.8 cm³/mol. The van der Waals surface area contributed by atoms with E-state index in [0.717, 1.165) is 0 Å². The summed E-state index contributed by atoms with van der Waals surface area (Å²) in [4.78, 5) is 1.66. The van der Waals surface area contributed by atoms with Crippen LogP contribution in [0.4, 0.5) is 0 Å². The minimum absolute atomic E-state index is 0.322. The topological polar surface area (TPSA) is 0 Å². The third-order valence-electron chi connectivity index (χ3n) is 2.04. The van der Waals surface area contributed by atoms with Crippen LogP contribution >= 0.6 is 54.5 Å². The third kappa shape index (κ3) is 1.98. The molecule has 74 valence electrons. The average Bonchev–Trinajstić information content (AvgIpc) is 2.73. The van der Waals surface area contributed by atoms with Crippen molar-refractivity contribution in [2.45, 2.75) is 11.8 Å². The molecule has 0 radical (unpaired) electrons. The second-order valence-electron chi connectivity index (χ2n) is 3.01. The standard InChI is InChI=1S/C10H8Br2S2/c1-6-4-13-5-7(6)9(12)10-8(11)2-3-14-10/h2-5,9H,1H3. The van der Waals surface area contributed by atoms with E-state index in [0.29, 0.717) is 4.83 Å². The highest BCUT2D eigenvalue weighted by Crippen LogP contribution is 2.40. The molecule has 0 aliphatic heterocycles. The van der Waals surface area contributed by atoms with Crippen molar-refractivity contribution in [2.75, 3.05) is 0 Å². The molecule has 1 unspecified atom stereocenters. The fourth-order valence-corrected chi connectivity index (χ4v) is 5.27. The quantitative estimate of drug-likeness (QED) is 0.638. The van der Waals surface area contributed by atoms with E-state index in [2.05, 4.69) is 61.0 Å². The van der Waals surface area contributed by atoms with Gasteiger partial charge in [-0.3, -0.25) is 0 Å². The monoisotopic (exact) mass is 350 g/mol. The van der Waals surface area contributed by atoms with Crippen LogP contribution < -0.4 is 0 Å². The first-order valence-corrected chi connectivity index (χ1v) is 7.63. The van der Waals surface area contributed by atoms with Gasteiger partial charge in [0.2, 0.25) is 0 Å². The van der Waals surface area contributed by atoms with Gasteiger partial charge < -0.3 is 0 Å². The lowest BCUT2D eigenvalue weighted by Crippen LogP contribution is -1.89. The Morgan fingerprint density at radius 3 is 2.64 bits per heavy atom. The first-order chi connectivity index (χ1) is 6.70. The van der Waals surface area contributed by atoms with Crippen LogP contribution in [0.25, 0.3) is 0 Å². The van der Waals surface area contributed by atoms with E-state index in [9.17, 15) is 0 Å². The molecule has 2 rings (SSSR count). The highest BCUT2D eigenvalue weighted by molar-refractivity contribution is 9.11. The second kappa shape index (κ2) is 4.47. The Hall–Kier alpha value is 0.360. The van der Waals surface area contributed by atoms with Gasteiger partial charge >= 0.3 is 0 Å². The summed E-state index contributed by atoms with van der Waals surface area (Å²) in [6.45, 7) is 2.15. The number of hydrogen-bond acceptors (Lipinski definition) is 2. The molecule has 0 saturated carbocycles. The molecule has 0 fully saturated rings. The minimum atomic E-state index is 0.322.